The molecule has 0 radical (unpaired) electrons. The van der Waals surface area contributed by atoms with Crippen LogP contribution in [0.1, 0.15) is 39.5 Å². The molecule has 13 heteroatoms. The van der Waals surface area contributed by atoms with E-state index in [-0.39, 0.29) is 19.3 Å². The highest BCUT2D eigenvalue weighted by Gasteiger charge is 2.28. The number of amides is 4. The average Bonchev–Trinajstić information content (AvgIpc) is 2.60. The molecule has 0 heterocycles. The van der Waals surface area contributed by atoms with Gasteiger partial charge in [0, 0.05) is 12.8 Å². The lowest BCUT2D eigenvalue weighted by Gasteiger charge is -2.22. The first kappa shape index (κ1) is 25.8. The van der Waals surface area contributed by atoms with Gasteiger partial charge in [-0.3, -0.25) is 24.0 Å². The van der Waals surface area contributed by atoms with E-state index in [0.29, 0.717) is 0 Å². The molecule has 164 valence electrons. The summed E-state index contributed by atoms with van der Waals surface area (Å²) in [5.74, 6) is -5.70. The fraction of sp³-hybridized carbons (Fsp3) is 0.625. The van der Waals surface area contributed by atoms with Crippen LogP contribution in [0.25, 0.3) is 0 Å². The first-order chi connectivity index (χ1) is 13.3. The van der Waals surface area contributed by atoms with Crippen molar-refractivity contribution in [1.29, 1.82) is 0 Å². The third-order valence-corrected chi connectivity index (χ3v) is 3.74. The Bertz CT molecular complexity index is 651. The Morgan fingerprint density at radius 2 is 1.31 bits per heavy atom. The Hall–Kier alpha value is -3.22. The number of nitrogens with two attached hydrogens (primary N) is 2. The van der Waals surface area contributed by atoms with Gasteiger partial charge in [0.1, 0.15) is 18.1 Å². The molecule has 4 amide bonds. The largest absolute Gasteiger partial charge is 0.481 e. The standard InChI is InChI=1S/C16H27N5O8/c1-7(17)13(25)20-9(4-6-12(23)24)15(27)19-8(2)14(26)21-10(16(28)29)3-5-11(18)22/h7-10H,3-6,17H2,1-2H3,(H2,18,22)(H,19,27)(H,20,25)(H,21,26)(H,23,24)(H,28,29). The highest BCUT2D eigenvalue weighted by atomic mass is 16.4. The maximum Gasteiger partial charge on any atom is 0.326 e. The van der Waals surface area contributed by atoms with Crippen LogP contribution in [0.2, 0.25) is 0 Å². The van der Waals surface area contributed by atoms with Gasteiger partial charge in [-0.25, -0.2) is 4.79 Å². The van der Waals surface area contributed by atoms with Crippen molar-refractivity contribution in [1.82, 2.24) is 16.0 Å². The quantitative estimate of drug-likeness (QED) is 0.162. The summed E-state index contributed by atoms with van der Waals surface area (Å²) in [5, 5.41) is 24.6. The molecule has 0 spiro atoms. The maximum absolute atomic E-state index is 12.3. The number of rotatable bonds is 13. The number of nitrogens with one attached hydrogen (secondary N) is 3. The Balaban J connectivity index is 5.00. The molecular weight excluding hydrogens is 390 g/mol. The zero-order valence-electron chi connectivity index (χ0n) is 16.1. The van der Waals surface area contributed by atoms with Crippen molar-refractivity contribution in [3.05, 3.63) is 0 Å². The summed E-state index contributed by atoms with van der Waals surface area (Å²) >= 11 is 0. The van der Waals surface area contributed by atoms with E-state index in [4.69, 9.17) is 21.7 Å². The second-order valence-electron chi connectivity index (χ2n) is 6.42. The summed E-state index contributed by atoms with van der Waals surface area (Å²) in [4.78, 5) is 68.9. The van der Waals surface area contributed by atoms with Crippen molar-refractivity contribution in [2.45, 2.75) is 63.7 Å². The molecule has 9 N–H and O–H groups in total. The van der Waals surface area contributed by atoms with Crippen molar-refractivity contribution in [3.63, 3.8) is 0 Å². The van der Waals surface area contributed by atoms with E-state index in [2.05, 4.69) is 16.0 Å². The number of hydrogen-bond donors (Lipinski definition) is 7. The molecule has 13 nitrogen and oxygen atoms in total. The van der Waals surface area contributed by atoms with Crippen LogP contribution in [0.3, 0.4) is 0 Å². The fourth-order valence-corrected chi connectivity index (χ4v) is 2.06. The van der Waals surface area contributed by atoms with Gasteiger partial charge in [0.2, 0.25) is 23.6 Å². The smallest absolute Gasteiger partial charge is 0.326 e. The number of carbonyl (C=O) groups is 6. The maximum atomic E-state index is 12.3. The van der Waals surface area contributed by atoms with Gasteiger partial charge in [-0.05, 0) is 26.7 Å². The summed E-state index contributed by atoms with van der Waals surface area (Å²) in [6, 6.07) is -4.81. The lowest BCUT2D eigenvalue weighted by Crippen LogP contribution is -2.56. The molecule has 0 bridgehead atoms. The Morgan fingerprint density at radius 1 is 0.793 bits per heavy atom. The van der Waals surface area contributed by atoms with Crippen LogP contribution in [0.15, 0.2) is 0 Å². The van der Waals surface area contributed by atoms with E-state index >= 15 is 0 Å². The van der Waals surface area contributed by atoms with Gasteiger partial charge in [0.25, 0.3) is 0 Å². The number of aliphatic carboxylic acids is 2. The molecule has 0 rings (SSSR count). The highest BCUT2D eigenvalue weighted by Crippen LogP contribution is 2.02. The highest BCUT2D eigenvalue weighted by molar-refractivity contribution is 5.94. The summed E-state index contributed by atoms with van der Waals surface area (Å²) in [6.07, 6.45) is -1.17. The van der Waals surface area contributed by atoms with Crippen LogP contribution >= 0.6 is 0 Å². The molecule has 0 aromatic rings. The van der Waals surface area contributed by atoms with Gasteiger partial charge in [0.15, 0.2) is 0 Å². The van der Waals surface area contributed by atoms with Crippen molar-refractivity contribution in [2.24, 2.45) is 11.5 Å². The molecule has 0 fully saturated rings. The SMILES string of the molecule is CC(N)C(=O)NC(CCC(=O)O)C(=O)NC(C)C(=O)NC(CCC(N)=O)C(=O)O. The van der Waals surface area contributed by atoms with Gasteiger partial charge in [0.05, 0.1) is 6.04 Å². The van der Waals surface area contributed by atoms with Gasteiger partial charge in [-0.1, -0.05) is 0 Å². The Labute approximate surface area is 166 Å². The zero-order chi connectivity index (χ0) is 22.7. The van der Waals surface area contributed by atoms with Gasteiger partial charge in [-0.2, -0.15) is 0 Å². The molecule has 0 saturated heterocycles. The molecule has 0 aliphatic rings. The van der Waals surface area contributed by atoms with Crippen molar-refractivity contribution in [2.75, 3.05) is 0 Å². The summed E-state index contributed by atoms with van der Waals surface area (Å²) < 4.78 is 0. The average molecular weight is 417 g/mol. The molecule has 0 saturated carbocycles. The lowest BCUT2D eigenvalue weighted by molar-refractivity contribution is -0.142. The monoisotopic (exact) mass is 417 g/mol. The molecule has 0 aromatic carbocycles. The molecule has 0 aromatic heterocycles. The van der Waals surface area contributed by atoms with E-state index in [1.165, 1.54) is 13.8 Å². The number of primary amides is 1. The Morgan fingerprint density at radius 3 is 1.76 bits per heavy atom. The van der Waals surface area contributed by atoms with Crippen molar-refractivity contribution < 1.29 is 39.0 Å². The minimum atomic E-state index is -1.39. The summed E-state index contributed by atoms with van der Waals surface area (Å²) in [6.45, 7) is 2.64. The van der Waals surface area contributed by atoms with Crippen LogP contribution in [0, 0.1) is 0 Å². The van der Waals surface area contributed by atoms with E-state index in [1.807, 2.05) is 0 Å². The predicted molar refractivity (Wildman–Crippen MR) is 98.0 cm³/mol. The third kappa shape index (κ3) is 10.6. The molecule has 29 heavy (non-hydrogen) atoms. The van der Waals surface area contributed by atoms with Crippen molar-refractivity contribution in [3.8, 4) is 0 Å². The van der Waals surface area contributed by atoms with E-state index < -0.39 is 66.2 Å². The second kappa shape index (κ2) is 12.3. The minimum Gasteiger partial charge on any atom is -0.481 e. The van der Waals surface area contributed by atoms with Crippen LogP contribution in [-0.4, -0.2) is 69.9 Å². The predicted octanol–water partition coefficient (Wildman–Crippen LogP) is -2.98. The van der Waals surface area contributed by atoms with E-state index in [1.54, 1.807) is 0 Å². The molecule has 0 aliphatic carbocycles. The lowest BCUT2D eigenvalue weighted by atomic mass is 10.1. The third-order valence-electron chi connectivity index (χ3n) is 3.74. The molecule has 4 unspecified atom stereocenters. The number of carbonyl (C=O) groups excluding carboxylic acids is 4. The molecular formula is C16H27N5O8. The normalized spacial score (nSPS) is 14.6. The van der Waals surface area contributed by atoms with E-state index in [0.717, 1.165) is 0 Å². The molecule has 0 aliphatic heterocycles. The topological polar surface area (TPSA) is 231 Å². The summed E-state index contributed by atoms with van der Waals surface area (Å²) in [7, 11) is 0. The van der Waals surface area contributed by atoms with E-state index in [9.17, 15) is 28.8 Å². The van der Waals surface area contributed by atoms with Crippen LogP contribution in [-0.2, 0) is 28.8 Å². The number of hydrogen-bond acceptors (Lipinski definition) is 7. The van der Waals surface area contributed by atoms with Gasteiger partial charge in [-0.15, -0.1) is 0 Å². The van der Waals surface area contributed by atoms with Gasteiger partial charge >= 0.3 is 11.9 Å². The first-order valence-corrected chi connectivity index (χ1v) is 8.74. The molecule has 4 atom stereocenters. The number of carboxylic acid groups (broad SMARTS) is 2. The second-order valence-corrected chi connectivity index (χ2v) is 6.42. The van der Waals surface area contributed by atoms with Crippen LogP contribution < -0.4 is 27.4 Å². The fourth-order valence-electron chi connectivity index (χ4n) is 2.06. The van der Waals surface area contributed by atoms with Crippen LogP contribution in [0.5, 0.6) is 0 Å². The first-order valence-electron chi connectivity index (χ1n) is 8.74. The Kier molecular flexibility index (Phi) is 10.9. The summed E-state index contributed by atoms with van der Waals surface area (Å²) in [5.41, 5.74) is 10.4. The van der Waals surface area contributed by atoms with Gasteiger partial charge < -0.3 is 37.6 Å². The zero-order valence-corrected chi connectivity index (χ0v) is 16.1. The van der Waals surface area contributed by atoms with Crippen molar-refractivity contribution >= 4 is 35.6 Å². The van der Waals surface area contributed by atoms with Crippen LogP contribution in [0.4, 0.5) is 0 Å². The number of carboxylic acids is 2. The minimum absolute atomic E-state index is 0.233.